The van der Waals surface area contributed by atoms with Gasteiger partial charge >= 0.3 is 0 Å². The largest absolute Gasteiger partial charge is 0.324 e. The molecule has 0 aromatic carbocycles. The van der Waals surface area contributed by atoms with Crippen LogP contribution in [-0.2, 0) is 9.59 Å². The van der Waals surface area contributed by atoms with Gasteiger partial charge in [-0.1, -0.05) is 12.2 Å². The summed E-state index contributed by atoms with van der Waals surface area (Å²) in [5.74, 6) is 0.296. The van der Waals surface area contributed by atoms with Gasteiger partial charge in [-0.25, -0.2) is 0 Å². The fraction of sp³-hybridized carbons (Fsp3) is 0.636. The summed E-state index contributed by atoms with van der Waals surface area (Å²) in [4.78, 5) is 24.9. The fourth-order valence-electron chi connectivity index (χ4n) is 2.95. The number of carbonyl (C=O) groups excluding carboxylic acids is 2. The van der Waals surface area contributed by atoms with E-state index in [-0.39, 0.29) is 22.8 Å². The molecule has 0 saturated carbocycles. The highest BCUT2D eigenvalue weighted by molar-refractivity contribution is 5.88. The van der Waals surface area contributed by atoms with E-state index in [1.807, 2.05) is 30.9 Å². The first-order valence-electron chi connectivity index (χ1n) is 4.90. The second-order valence-corrected chi connectivity index (χ2v) is 4.79. The van der Waals surface area contributed by atoms with Gasteiger partial charge in [-0.15, -0.1) is 0 Å². The van der Waals surface area contributed by atoms with E-state index in [0.717, 1.165) is 0 Å². The van der Waals surface area contributed by atoms with Crippen LogP contribution >= 0.6 is 0 Å². The van der Waals surface area contributed by atoms with Crippen LogP contribution in [-0.4, -0.2) is 27.7 Å². The maximum absolute atomic E-state index is 11.6. The SMILES string of the molecule is CC(=O)N1C2(C)C=CC1(C)CC(=O)C2. The number of carbonyl (C=O) groups is 2. The van der Waals surface area contributed by atoms with E-state index >= 15 is 0 Å². The highest BCUT2D eigenvalue weighted by Crippen LogP contribution is 2.44. The molecular weight excluding hydrogens is 178 g/mol. The topological polar surface area (TPSA) is 37.4 Å². The molecule has 3 heteroatoms. The highest BCUT2D eigenvalue weighted by atomic mass is 16.2. The van der Waals surface area contributed by atoms with Crippen LogP contribution in [0, 0.1) is 0 Å². The zero-order valence-corrected chi connectivity index (χ0v) is 8.83. The Bertz CT molecular complexity index is 323. The van der Waals surface area contributed by atoms with Crippen molar-refractivity contribution in [2.75, 3.05) is 0 Å². The summed E-state index contributed by atoms with van der Waals surface area (Å²) in [6.07, 6.45) is 4.91. The molecule has 2 unspecified atom stereocenters. The number of rotatable bonds is 0. The quantitative estimate of drug-likeness (QED) is 0.543. The maximum Gasteiger partial charge on any atom is 0.220 e. The summed E-state index contributed by atoms with van der Waals surface area (Å²) in [7, 11) is 0. The van der Waals surface area contributed by atoms with E-state index in [4.69, 9.17) is 0 Å². The molecule has 0 aromatic rings. The third kappa shape index (κ3) is 1.04. The molecular formula is C11H15NO2. The molecule has 2 aliphatic rings. The maximum atomic E-state index is 11.6. The second-order valence-electron chi connectivity index (χ2n) is 4.79. The third-order valence-corrected chi connectivity index (χ3v) is 3.25. The van der Waals surface area contributed by atoms with Crippen molar-refractivity contribution in [3.8, 4) is 0 Å². The Labute approximate surface area is 83.8 Å². The Morgan fingerprint density at radius 2 is 1.71 bits per heavy atom. The molecule has 1 amide bonds. The van der Waals surface area contributed by atoms with E-state index in [2.05, 4.69) is 0 Å². The first-order chi connectivity index (χ1) is 6.37. The molecule has 2 aliphatic heterocycles. The lowest BCUT2D eigenvalue weighted by atomic mass is 9.83. The van der Waals surface area contributed by atoms with Crippen molar-refractivity contribution in [2.24, 2.45) is 0 Å². The molecule has 2 bridgehead atoms. The molecule has 2 rings (SSSR count). The molecule has 1 fully saturated rings. The molecule has 14 heavy (non-hydrogen) atoms. The second kappa shape index (κ2) is 2.47. The van der Waals surface area contributed by atoms with Crippen molar-refractivity contribution in [2.45, 2.75) is 44.7 Å². The molecule has 0 aromatic heterocycles. The lowest BCUT2D eigenvalue weighted by Gasteiger charge is -2.47. The molecule has 1 saturated heterocycles. The van der Waals surface area contributed by atoms with E-state index in [0.29, 0.717) is 12.8 Å². The van der Waals surface area contributed by atoms with Crippen LogP contribution in [0.2, 0.25) is 0 Å². The summed E-state index contributed by atoms with van der Waals surface area (Å²) in [5, 5.41) is 0. The standard InChI is InChI=1S/C11H15NO2/c1-8(13)12-10(2)4-5-11(12,3)7-9(14)6-10/h4-5H,6-7H2,1-3H3. The van der Waals surface area contributed by atoms with Crippen LogP contribution in [0.3, 0.4) is 0 Å². The fourth-order valence-corrected chi connectivity index (χ4v) is 2.95. The predicted octanol–water partition coefficient (Wildman–Crippen LogP) is 1.29. The third-order valence-electron chi connectivity index (χ3n) is 3.25. The summed E-state index contributed by atoms with van der Waals surface area (Å²) >= 11 is 0. The number of fused-ring (bicyclic) bond motifs is 2. The Balaban J connectivity index is 2.47. The van der Waals surface area contributed by atoms with Gasteiger partial charge in [-0.05, 0) is 13.8 Å². The smallest absolute Gasteiger partial charge is 0.220 e. The van der Waals surface area contributed by atoms with Gasteiger partial charge in [-0.3, -0.25) is 9.59 Å². The zero-order valence-electron chi connectivity index (χ0n) is 8.83. The predicted molar refractivity (Wildman–Crippen MR) is 52.7 cm³/mol. The normalized spacial score (nSPS) is 40.5. The van der Waals surface area contributed by atoms with Crippen LogP contribution in [0.5, 0.6) is 0 Å². The first kappa shape index (κ1) is 9.44. The molecule has 0 spiro atoms. The zero-order chi connectivity index (χ0) is 10.6. The van der Waals surface area contributed by atoms with Crippen molar-refractivity contribution in [1.82, 2.24) is 4.90 Å². The number of amides is 1. The van der Waals surface area contributed by atoms with E-state index in [1.165, 1.54) is 0 Å². The lowest BCUT2D eigenvalue weighted by Crippen LogP contribution is -2.59. The van der Waals surface area contributed by atoms with Crippen LogP contribution < -0.4 is 0 Å². The van der Waals surface area contributed by atoms with E-state index in [1.54, 1.807) is 6.92 Å². The molecule has 0 aliphatic carbocycles. The number of Topliss-reactive ketones (excluding diaryl/α,β-unsaturated/α-hetero) is 1. The van der Waals surface area contributed by atoms with E-state index in [9.17, 15) is 9.59 Å². The minimum atomic E-state index is -0.379. The Morgan fingerprint density at radius 1 is 1.29 bits per heavy atom. The summed E-state index contributed by atoms with van der Waals surface area (Å²) in [5.41, 5.74) is -0.758. The Morgan fingerprint density at radius 3 is 2.07 bits per heavy atom. The van der Waals surface area contributed by atoms with Crippen LogP contribution in [0.25, 0.3) is 0 Å². The minimum Gasteiger partial charge on any atom is -0.324 e. The van der Waals surface area contributed by atoms with Gasteiger partial charge in [0.25, 0.3) is 0 Å². The molecule has 76 valence electrons. The average molecular weight is 193 g/mol. The van der Waals surface area contributed by atoms with Crippen LogP contribution in [0.1, 0.15) is 33.6 Å². The van der Waals surface area contributed by atoms with Crippen molar-refractivity contribution in [1.29, 1.82) is 0 Å². The number of hydrogen-bond acceptors (Lipinski definition) is 2. The first-order valence-corrected chi connectivity index (χ1v) is 4.90. The van der Waals surface area contributed by atoms with Gasteiger partial charge in [0.1, 0.15) is 5.78 Å². The van der Waals surface area contributed by atoms with Crippen LogP contribution in [0.15, 0.2) is 12.2 Å². The van der Waals surface area contributed by atoms with Gasteiger partial charge < -0.3 is 4.90 Å². The Kier molecular flexibility index (Phi) is 1.66. The number of piperidine rings is 1. The van der Waals surface area contributed by atoms with Crippen molar-refractivity contribution in [3.05, 3.63) is 12.2 Å². The van der Waals surface area contributed by atoms with Gasteiger partial charge in [-0.2, -0.15) is 0 Å². The molecule has 3 nitrogen and oxygen atoms in total. The van der Waals surface area contributed by atoms with E-state index < -0.39 is 0 Å². The van der Waals surface area contributed by atoms with Gasteiger partial charge in [0.2, 0.25) is 5.91 Å². The van der Waals surface area contributed by atoms with Crippen molar-refractivity contribution >= 4 is 11.7 Å². The monoisotopic (exact) mass is 193 g/mol. The average Bonchev–Trinajstić information content (AvgIpc) is 2.15. The summed E-state index contributed by atoms with van der Waals surface area (Å²) < 4.78 is 0. The van der Waals surface area contributed by atoms with Gasteiger partial charge in [0, 0.05) is 19.8 Å². The molecule has 2 heterocycles. The summed E-state index contributed by atoms with van der Waals surface area (Å²) in [6, 6.07) is 0. The van der Waals surface area contributed by atoms with Crippen molar-refractivity contribution < 1.29 is 9.59 Å². The molecule has 0 N–H and O–H groups in total. The van der Waals surface area contributed by atoms with Crippen LogP contribution in [0.4, 0.5) is 0 Å². The highest BCUT2D eigenvalue weighted by Gasteiger charge is 2.52. The van der Waals surface area contributed by atoms with Gasteiger partial charge in [0.05, 0.1) is 11.1 Å². The number of hydrogen-bond donors (Lipinski definition) is 0. The minimum absolute atomic E-state index is 0.0486. The number of ketones is 1. The lowest BCUT2D eigenvalue weighted by molar-refractivity contribution is -0.145. The summed E-state index contributed by atoms with van der Waals surface area (Å²) in [6.45, 7) is 5.47. The number of nitrogens with zero attached hydrogens (tertiary/aromatic N) is 1. The Hall–Kier alpha value is -1.12. The molecule has 0 radical (unpaired) electrons. The molecule has 2 atom stereocenters. The van der Waals surface area contributed by atoms with Crippen molar-refractivity contribution in [3.63, 3.8) is 0 Å². The van der Waals surface area contributed by atoms with Gasteiger partial charge in [0.15, 0.2) is 0 Å².